The van der Waals surface area contributed by atoms with E-state index in [4.69, 9.17) is 4.74 Å². The van der Waals surface area contributed by atoms with E-state index in [0.717, 1.165) is 11.5 Å². The Morgan fingerprint density at radius 1 is 0.493 bits per heavy atom. The van der Waals surface area contributed by atoms with E-state index in [0.29, 0.717) is 5.92 Å². The fourth-order valence-electron chi connectivity index (χ4n) is 14.2. The Kier molecular flexibility index (Phi) is 8.12. The molecule has 14 rings (SSSR count). The van der Waals surface area contributed by atoms with Gasteiger partial charge in [0, 0.05) is 22.7 Å². The number of benzene rings is 8. The normalized spacial score (nSPS) is 19.3. The second-order valence-electron chi connectivity index (χ2n) is 23.2. The molecular weight excluding hydrogens is 851 g/mol. The van der Waals surface area contributed by atoms with Crippen molar-refractivity contribution >= 4 is 45.9 Å². The minimum atomic E-state index is -2.75. The molecule has 2 nitrogen and oxygen atoms in total. The van der Waals surface area contributed by atoms with Crippen LogP contribution in [0.4, 0.5) is 17.1 Å². The van der Waals surface area contributed by atoms with Gasteiger partial charge in [-0.15, -0.1) is 0 Å². The maximum absolute atomic E-state index is 7.16. The standard InChI is InChI=1S/C66H57NOSi/c1-63(2,3)40-29-35-55-52(37-40)66(53-38-41(64(4,5)6)30-36-56(53)68-55)50-24-14-15-25-54(50)67(62-51(66)34-33-48-43-19-9-13-23-49(43)65(7,8)61(48)62)42-31-32-47-46-22-12-18-28-59(46)69(60(47)39-42)57-26-16-10-20-44(57)45-21-11-17-27-58(45)69/h9-39,43,49H,1-8H3. The van der Waals surface area contributed by atoms with E-state index in [1.165, 1.54) is 105 Å². The first-order valence-electron chi connectivity index (χ1n) is 25.1. The average molecular weight is 908 g/mol. The second-order valence-corrected chi connectivity index (χ2v) is 26.9. The quantitative estimate of drug-likeness (QED) is 0.152. The van der Waals surface area contributed by atoms with Crippen LogP contribution in [0, 0.1) is 5.92 Å². The van der Waals surface area contributed by atoms with Crippen molar-refractivity contribution < 1.29 is 4.74 Å². The molecule has 6 aliphatic rings. The Morgan fingerprint density at radius 2 is 1.03 bits per heavy atom. The molecule has 3 heteroatoms. The number of ether oxygens (including phenoxy) is 1. The Balaban J connectivity index is 1.13. The molecule has 2 spiro atoms. The van der Waals surface area contributed by atoms with Crippen LogP contribution in [0.3, 0.4) is 0 Å². The van der Waals surface area contributed by atoms with Gasteiger partial charge in [-0.05, 0) is 141 Å². The van der Waals surface area contributed by atoms with Crippen molar-refractivity contribution in [1.82, 2.24) is 0 Å². The van der Waals surface area contributed by atoms with Crippen LogP contribution in [-0.4, -0.2) is 8.07 Å². The largest absolute Gasteiger partial charge is 0.457 e. The predicted molar refractivity (Wildman–Crippen MR) is 290 cm³/mol. The maximum atomic E-state index is 7.16. The summed E-state index contributed by atoms with van der Waals surface area (Å²) >= 11 is 0. The van der Waals surface area contributed by atoms with Gasteiger partial charge in [0.1, 0.15) is 11.5 Å². The molecule has 0 fully saturated rings. The molecule has 4 aliphatic heterocycles. The SMILES string of the molecule is CC(C)(C)c1ccc2c(c1)C1(c3cc(C(C)(C)C)ccc3O2)c2ccccc2N(c2ccc3c(c2)[Si]2(c4ccccc4-c4ccccc42)c2ccccc2-3)c2c1ccc1c2C(C)(C)C2C=CC=CC12. The summed E-state index contributed by atoms with van der Waals surface area (Å²) in [5, 5.41) is 5.97. The van der Waals surface area contributed by atoms with Crippen molar-refractivity contribution in [3.05, 3.63) is 233 Å². The summed E-state index contributed by atoms with van der Waals surface area (Å²) < 4.78 is 7.16. The zero-order chi connectivity index (χ0) is 47.0. The van der Waals surface area contributed by atoms with E-state index in [1.807, 2.05) is 0 Å². The summed E-state index contributed by atoms with van der Waals surface area (Å²) in [6.45, 7) is 19.0. The lowest BCUT2D eigenvalue weighted by molar-refractivity contribution is 0.394. The maximum Gasteiger partial charge on any atom is 0.182 e. The highest BCUT2D eigenvalue weighted by molar-refractivity contribution is 7.24. The predicted octanol–water partition coefficient (Wildman–Crippen LogP) is 14.0. The molecule has 69 heavy (non-hydrogen) atoms. The van der Waals surface area contributed by atoms with E-state index in [2.05, 4.69) is 248 Å². The van der Waals surface area contributed by atoms with Crippen molar-refractivity contribution in [2.24, 2.45) is 5.92 Å². The highest BCUT2D eigenvalue weighted by Crippen LogP contribution is 2.67. The molecule has 8 aromatic carbocycles. The molecule has 2 unspecified atom stereocenters. The van der Waals surface area contributed by atoms with Crippen LogP contribution in [0.25, 0.3) is 22.3 Å². The van der Waals surface area contributed by atoms with Gasteiger partial charge in [0.2, 0.25) is 0 Å². The topological polar surface area (TPSA) is 12.5 Å². The molecule has 0 aromatic heterocycles. The van der Waals surface area contributed by atoms with Crippen molar-refractivity contribution in [1.29, 1.82) is 0 Å². The molecule has 8 aromatic rings. The van der Waals surface area contributed by atoms with Crippen molar-refractivity contribution in [2.45, 2.75) is 83.0 Å². The Bertz CT molecular complexity index is 3500. The number of fused-ring (bicyclic) bond motifs is 22. The summed E-state index contributed by atoms with van der Waals surface area (Å²) in [5.74, 6) is 2.46. The first-order chi connectivity index (χ1) is 33.2. The molecule has 0 bridgehead atoms. The fraction of sp³-hybridized carbons (Fsp3) is 0.212. The van der Waals surface area contributed by atoms with E-state index in [9.17, 15) is 0 Å². The van der Waals surface area contributed by atoms with Crippen LogP contribution in [0.2, 0.25) is 0 Å². The zero-order valence-electron chi connectivity index (χ0n) is 40.9. The number of para-hydroxylation sites is 1. The zero-order valence-corrected chi connectivity index (χ0v) is 41.9. The molecule has 2 aliphatic carbocycles. The number of anilines is 3. The van der Waals surface area contributed by atoms with Gasteiger partial charge in [-0.2, -0.15) is 0 Å². The van der Waals surface area contributed by atoms with Crippen molar-refractivity contribution in [2.75, 3.05) is 4.90 Å². The lowest BCUT2D eigenvalue weighted by Crippen LogP contribution is -2.70. The molecule has 0 N–H and O–H groups in total. The highest BCUT2D eigenvalue weighted by Gasteiger charge is 2.58. The number of allylic oxidation sites excluding steroid dienone is 4. The third-order valence-electron chi connectivity index (χ3n) is 17.3. The highest BCUT2D eigenvalue weighted by atomic mass is 28.3. The first-order valence-corrected chi connectivity index (χ1v) is 27.1. The van der Waals surface area contributed by atoms with Crippen LogP contribution < -0.4 is 30.4 Å². The van der Waals surface area contributed by atoms with Crippen molar-refractivity contribution in [3.8, 4) is 33.8 Å². The number of hydrogen-bond acceptors (Lipinski definition) is 2. The van der Waals surface area contributed by atoms with Gasteiger partial charge in [-0.3, -0.25) is 0 Å². The average Bonchev–Trinajstić information content (AvgIpc) is 3.91. The smallest absolute Gasteiger partial charge is 0.182 e. The van der Waals surface area contributed by atoms with Crippen LogP contribution in [0.5, 0.6) is 11.5 Å². The lowest BCUT2D eigenvalue weighted by atomic mass is 9.59. The van der Waals surface area contributed by atoms with E-state index in [-0.39, 0.29) is 22.2 Å². The summed E-state index contributed by atoms with van der Waals surface area (Å²) in [5.41, 5.74) is 18.7. The number of hydrogen-bond donors (Lipinski definition) is 0. The van der Waals surface area contributed by atoms with Gasteiger partial charge in [-0.25, -0.2) is 0 Å². The van der Waals surface area contributed by atoms with Gasteiger partial charge in [0.25, 0.3) is 0 Å². The third-order valence-corrected chi connectivity index (χ3v) is 22.3. The van der Waals surface area contributed by atoms with Crippen LogP contribution in [0.1, 0.15) is 106 Å². The number of rotatable bonds is 1. The Hall–Kier alpha value is -6.94. The summed E-state index contributed by atoms with van der Waals surface area (Å²) in [7, 11) is -2.75. The lowest BCUT2D eigenvalue weighted by Gasteiger charge is -2.50. The van der Waals surface area contributed by atoms with Gasteiger partial charge >= 0.3 is 0 Å². The monoisotopic (exact) mass is 907 g/mol. The molecule has 0 saturated heterocycles. The first kappa shape index (κ1) is 41.1. The van der Waals surface area contributed by atoms with Gasteiger partial charge in [-0.1, -0.05) is 201 Å². The summed E-state index contributed by atoms with van der Waals surface area (Å²) in [6.07, 6.45) is 9.49. The van der Waals surface area contributed by atoms with Gasteiger partial charge in [0.05, 0.1) is 16.8 Å². The number of nitrogens with zero attached hydrogens (tertiary/aromatic N) is 1. The fourth-order valence-corrected chi connectivity index (χ4v) is 19.8. The second kappa shape index (κ2) is 13.6. The van der Waals surface area contributed by atoms with Crippen LogP contribution in [-0.2, 0) is 21.7 Å². The van der Waals surface area contributed by atoms with E-state index in [1.54, 1.807) is 0 Å². The minimum absolute atomic E-state index is 0.0829. The van der Waals surface area contributed by atoms with Crippen LogP contribution >= 0.6 is 0 Å². The van der Waals surface area contributed by atoms with Crippen LogP contribution in [0.15, 0.2) is 188 Å². The molecule has 0 radical (unpaired) electrons. The minimum Gasteiger partial charge on any atom is -0.457 e. The van der Waals surface area contributed by atoms with Crippen molar-refractivity contribution in [3.63, 3.8) is 0 Å². The Morgan fingerprint density at radius 3 is 1.62 bits per heavy atom. The summed E-state index contributed by atoms with van der Waals surface area (Å²) in [6, 6.07) is 64.1. The molecular formula is C66H57NOSi. The van der Waals surface area contributed by atoms with Gasteiger partial charge in [0.15, 0.2) is 8.07 Å². The van der Waals surface area contributed by atoms with E-state index < -0.39 is 13.5 Å². The Labute approximate surface area is 408 Å². The summed E-state index contributed by atoms with van der Waals surface area (Å²) in [4.78, 5) is 2.72. The van der Waals surface area contributed by atoms with Gasteiger partial charge < -0.3 is 9.64 Å². The molecule has 0 amide bonds. The molecule has 4 heterocycles. The van der Waals surface area contributed by atoms with E-state index >= 15 is 0 Å². The third kappa shape index (κ3) is 5.11. The molecule has 0 saturated carbocycles. The molecule has 336 valence electrons. The molecule has 2 atom stereocenters.